The van der Waals surface area contributed by atoms with E-state index >= 15 is 0 Å². The molecule has 12 heavy (non-hydrogen) atoms. The predicted octanol–water partition coefficient (Wildman–Crippen LogP) is -0.221. The summed E-state index contributed by atoms with van der Waals surface area (Å²) in [6.07, 6.45) is 0. The van der Waals surface area contributed by atoms with Gasteiger partial charge in [0.05, 0.1) is 5.69 Å². The molecule has 0 unspecified atom stereocenters. The lowest BCUT2D eigenvalue weighted by Crippen LogP contribution is -1.89. The van der Waals surface area contributed by atoms with E-state index in [0.29, 0.717) is 5.69 Å². The monoisotopic (exact) mass is 163 g/mol. The second kappa shape index (κ2) is 2.07. The highest BCUT2D eigenvalue weighted by Gasteiger charge is 2.16. The Balaban J connectivity index is 2.51. The fourth-order valence-corrected chi connectivity index (χ4v) is 0.971. The van der Waals surface area contributed by atoms with Gasteiger partial charge < -0.3 is 5.11 Å². The van der Waals surface area contributed by atoms with E-state index < -0.39 is 11.1 Å². The molecule has 4 nitrogen and oxygen atoms in total. The molecular weight excluding hydrogens is 158 g/mol. The van der Waals surface area contributed by atoms with Crippen molar-refractivity contribution in [1.82, 2.24) is 4.57 Å². The van der Waals surface area contributed by atoms with Crippen LogP contribution in [0, 0.1) is 0 Å². The average Bonchev–Trinajstić information content (AvgIpc) is 2.63. The first-order chi connectivity index (χ1) is 5.70. The molecule has 2 rings (SSSR count). The Hall–Kier alpha value is -1.84. The van der Waals surface area contributed by atoms with Crippen LogP contribution >= 0.6 is 0 Å². The van der Waals surface area contributed by atoms with Crippen molar-refractivity contribution >= 4 is 0 Å². The molecule has 0 radical (unpaired) electrons. The average molecular weight is 163 g/mol. The minimum absolute atomic E-state index is 0.112. The van der Waals surface area contributed by atoms with E-state index in [1.807, 2.05) is 0 Å². The van der Waals surface area contributed by atoms with E-state index in [9.17, 15) is 9.59 Å². The first-order valence-electron chi connectivity index (χ1n) is 3.37. The molecule has 0 bridgehead atoms. The Morgan fingerprint density at radius 1 is 1.00 bits per heavy atom. The maximum Gasteiger partial charge on any atom is 0.324 e. The number of hydrogen-bond donors (Lipinski definition) is 1. The molecule has 0 saturated carbocycles. The van der Waals surface area contributed by atoms with E-state index in [4.69, 9.17) is 5.11 Å². The lowest BCUT2D eigenvalue weighted by molar-refractivity contribution is 0.475. The number of hydrogen-bond acceptors (Lipinski definition) is 3. The van der Waals surface area contributed by atoms with Gasteiger partial charge in [-0.1, -0.05) is 0 Å². The minimum atomic E-state index is -0.499. The van der Waals surface area contributed by atoms with Crippen molar-refractivity contribution < 1.29 is 5.11 Å². The van der Waals surface area contributed by atoms with Crippen molar-refractivity contribution in [3.63, 3.8) is 0 Å². The van der Waals surface area contributed by atoms with Crippen molar-refractivity contribution in [2.24, 2.45) is 0 Å². The SMILES string of the molecule is O=c1c(=O)n1-c1ccc(O)cc1. The highest BCUT2D eigenvalue weighted by Crippen LogP contribution is 2.11. The number of aromatic hydroxyl groups is 1. The molecule has 0 aliphatic heterocycles. The lowest BCUT2D eigenvalue weighted by Gasteiger charge is -1.92. The molecule has 1 aromatic carbocycles. The topological polar surface area (TPSA) is 59.3 Å². The summed E-state index contributed by atoms with van der Waals surface area (Å²) in [5.74, 6) is 0.112. The van der Waals surface area contributed by atoms with Crippen molar-refractivity contribution in [3.8, 4) is 11.4 Å². The summed E-state index contributed by atoms with van der Waals surface area (Å²) in [5, 5.41) is 8.90. The largest absolute Gasteiger partial charge is 0.508 e. The van der Waals surface area contributed by atoms with Crippen LogP contribution in [0.15, 0.2) is 33.9 Å². The molecule has 0 aliphatic carbocycles. The summed E-state index contributed by atoms with van der Waals surface area (Å²) in [6.45, 7) is 0. The van der Waals surface area contributed by atoms with Crippen molar-refractivity contribution in [2.45, 2.75) is 0 Å². The van der Waals surface area contributed by atoms with Crippen LogP contribution in [0.3, 0.4) is 0 Å². The predicted molar refractivity (Wildman–Crippen MR) is 42.3 cm³/mol. The zero-order chi connectivity index (χ0) is 8.72. The molecular formula is C8H5NO3. The van der Waals surface area contributed by atoms with Gasteiger partial charge in [-0.3, -0.25) is 9.59 Å². The van der Waals surface area contributed by atoms with Crippen LogP contribution in [-0.2, 0) is 0 Å². The number of nitrogens with zero attached hydrogens (tertiary/aromatic N) is 1. The molecule has 60 valence electrons. The van der Waals surface area contributed by atoms with Gasteiger partial charge in [0.25, 0.3) is 0 Å². The van der Waals surface area contributed by atoms with E-state index in [2.05, 4.69) is 0 Å². The fraction of sp³-hybridized carbons (Fsp3) is 0. The quantitative estimate of drug-likeness (QED) is 0.591. The highest BCUT2D eigenvalue weighted by atomic mass is 16.3. The van der Waals surface area contributed by atoms with Crippen molar-refractivity contribution in [3.05, 3.63) is 45.0 Å². The second-order valence-electron chi connectivity index (χ2n) is 2.46. The third-order valence-electron chi connectivity index (χ3n) is 1.65. The number of aromatic nitrogens is 1. The standard InChI is InChI=1S/C8H5NO3/c10-6-3-1-5(2-4-6)9-7(11)8(9)12/h1-4,10H. The van der Waals surface area contributed by atoms with Gasteiger partial charge in [0.2, 0.25) is 0 Å². The molecule has 0 amide bonds. The molecule has 1 heterocycles. The normalized spacial score (nSPS) is 10.7. The van der Waals surface area contributed by atoms with Gasteiger partial charge in [0.15, 0.2) is 0 Å². The summed E-state index contributed by atoms with van der Waals surface area (Å²) in [4.78, 5) is 21.2. The smallest absolute Gasteiger partial charge is 0.324 e. The van der Waals surface area contributed by atoms with Gasteiger partial charge in [-0.15, -0.1) is 0 Å². The van der Waals surface area contributed by atoms with Crippen molar-refractivity contribution in [2.75, 3.05) is 0 Å². The molecule has 0 spiro atoms. The Bertz CT molecular complexity index is 448. The number of phenols is 1. The molecule has 0 fully saturated rings. The maximum atomic E-state index is 10.6. The molecule has 0 atom stereocenters. The van der Waals surface area contributed by atoms with Crippen LogP contribution in [0.25, 0.3) is 5.69 Å². The molecule has 1 N–H and O–H groups in total. The summed E-state index contributed by atoms with van der Waals surface area (Å²) in [5.41, 5.74) is -0.496. The van der Waals surface area contributed by atoms with E-state index in [-0.39, 0.29) is 5.75 Å². The minimum Gasteiger partial charge on any atom is -0.508 e. The molecule has 2 aromatic rings. The zero-order valence-corrected chi connectivity index (χ0v) is 6.02. The van der Waals surface area contributed by atoms with Crippen LogP contribution in [0.5, 0.6) is 5.75 Å². The van der Waals surface area contributed by atoms with Gasteiger partial charge in [-0.25, -0.2) is 4.57 Å². The number of benzene rings is 1. The Labute approximate surface area is 67.0 Å². The van der Waals surface area contributed by atoms with Crippen molar-refractivity contribution in [1.29, 1.82) is 0 Å². The summed E-state index contributed by atoms with van der Waals surface area (Å²) < 4.78 is 1.04. The third kappa shape index (κ3) is 0.852. The van der Waals surface area contributed by atoms with E-state index in [1.165, 1.54) is 24.3 Å². The molecule has 4 heteroatoms. The Morgan fingerprint density at radius 2 is 1.50 bits per heavy atom. The van der Waals surface area contributed by atoms with Gasteiger partial charge in [-0.05, 0) is 24.3 Å². The molecule has 0 aliphatic rings. The summed E-state index contributed by atoms with van der Waals surface area (Å²) >= 11 is 0. The second-order valence-corrected chi connectivity index (χ2v) is 2.46. The van der Waals surface area contributed by atoms with Gasteiger partial charge in [0, 0.05) is 0 Å². The lowest BCUT2D eigenvalue weighted by atomic mass is 10.3. The first-order valence-corrected chi connectivity index (χ1v) is 3.37. The summed E-state index contributed by atoms with van der Waals surface area (Å²) in [7, 11) is 0. The van der Waals surface area contributed by atoms with Crippen LogP contribution < -0.4 is 11.1 Å². The van der Waals surface area contributed by atoms with Crippen LogP contribution in [0.4, 0.5) is 0 Å². The van der Waals surface area contributed by atoms with Gasteiger partial charge in [-0.2, -0.15) is 0 Å². The first kappa shape index (κ1) is 6.84. The summed E-state index contributed by atoms with van der Waals surface area (Å²) in [6, 6.07) is 5.87. The number of rotatable bonds is 1. The van der Waals surface area contributed by atoms with E-state index in [0.717, 1.165) is 4.57 Å². The Kier molecular flexibility index (Phi) is 1.18. The molecule has 1 aromatic heterocycles. The zero-order valence-electron chi connectivity index (χ0n) is 6.02. The van der Waals surface area contributed by atoms with Crippen LogP contribution in [0.2, 0.25) is 0 Å². The van der Waals surface area contributed by atoms with E-state index in [1.54, 1.807) is 0 Å². The van der Waals surface area contributed by atoms with Gasteiger partial charge in [0.1, 0.15) is 5.75 Å². The van der Waals surface area contributed by atoms with Crippen LogP contribution in [-0.4, -0.2) is 9.67 Å². The van der Waals surface area contributed by atoms with Gasteiger partial charge >= 0.3 is 11.1 Å². The molecule has 0 saturated heterocycles. The number of phenolic OH excluding ortho intramolecular Hbond substituents is 1. The highest BCUT2D eigenvalue weighted by molar-refractivity contribution is 5.38. The van der Waals surface area contributed by atoms with Crippen LogP contribution in [0.1, 0.15) is 0 Å². The Morgan fingerprint density at radius 3 is 1.92 bits per heavy atom. The third-order valence-corrected chi connectivity index (χ3v) is 1.65. The fourth-order valence-electron chi connectivity index (χ4n) is 0.971. The maximum absolute atomic E-state index is 10.6.